The van der Waals surface area contributed by atoms with Gasteiger partial charge in [0, 0.05) is 19.0 Å². The number of fused-ring (bicyclic) bond motifs is 1. The highest BCUT2D eigenvalue weighted by atomic mass is 79.9. The maximum atomic E-state index is 13.4. The molecule has 2 heterocycles. The third-order valence-electron chi connectivity index (χ3n) is 6.70. The van der Waals surface area contributed by atoms with Gasteiger partial charge in [0.1, 0.15) is 17.3 Å². The van der Waals surface area contributed by atoms with Crippen LogP contribution < -0.4 is 5.73 Å². The standard InChI is InChI=1S/C22H27BrN4O4/c23-15-6-7-18-17(12-15)21(30)27(16-4-2-1-3-5-16)22(31)26(18)13-19(28)25-10-8-14(9-11-25)20(24)29/h6-7,12,14-16H,1-5,8-11,13H2,(H-,24,29)/p+1. The Morgan fingerprint density at radius 3 is 2.42 bits per heavy atom. The van der Waals surface area contributed by atoms with Crippen molar-refractivity contribution in [2.24, 2.45) is 11.7 Å². The summed E-state index contributed by atoms with van der Waals surface area (Å²) in [6, 6.07) is -0.540. The topological polar surface area (TPSA) is 104 Å². The first-order chi connectivity index (χ1) is 14.9. The Hall–Kier alpha value is -2.29. The van der Waals surface area contributed by atoms with Crippen molar-refractivity contribution < 1.29 is 23.8 Å². The number of nitrogens with two attached hydrogens (primary N) is 1. The molecule has 1 saturated carbocycles. The molecule has 0 aromatic rings. The maximum Gasteiger partial charge on any atom is 0.502 e. The van der Waals surface area contributed by atoms with Crippen molar-refractivity contribution in [3.63, 3.8) is 0 Å². The van der Waals surface area contributed by atoms with Crippen LogP contribution in [-0.4, -0.2) is 74.3 Å². The lowest BCUT2D eigenvalue weighted by Crippen LogP contribution is -2.57. The van der Waals surface area contributed by atoms with Gasteiger partial charge in [-0.25, -0.2) is 4.79 Å². The molecule has 2 fully saturated rings. The highest BCUT2D eigenvalue weighted by Gasteiger charge is 2.49. The number of likely N-dealkylation sites (tertiary alicyclic amines) is 1. The van der Waals surface area contributed by atoms with Gasteiger partial charge in [-0.05, 0) is 50.7 Å². The summed E-state index contributed by atoms with van der Waals surface area (Å²) in [6.07, 6.45) is 11.2. The molecule has 2 aliphatic carbocycles. The van der Waals surface area contributed by atoms with Crippen molar-refractivity contribution >= 4 is 45.4 Å². The lowest BCUT2D eigenvalue weighted by atomic mass is 9.92. The van der Waals surface area contributed by atoms with Gasteiger partial charge in [-0.2, -0.15) is 14.3 Å². The molecule has 0 aromatic heterocycles. The van der Waals surface area contributed by atoms with Crippen LogP contribution in [0.2, 0.25) is 0 Å². The number of amides is 5. The smallest absolute Gasteiger partial charge is 0.369 e. The van der Waals surface area contributed by atoms with Gasteiger partial charge in [-0.1, -0.05) is 28.4 Å². The third kappa shape index (κ3) is 4.37. The SMILES string of the molecule is NC(=O)C1CCN(C(=O)C[N+]2=C3C=CC(Br)C=C3C(=O)N(C3CCCCC3)C2=O)CC1. The molecular weight excluding hydrogens is 464 g/mol. The van der Waals surface area contributed by atoms with E-state index in [0.717, 1.165) is 32.1 Å². The molecule has 9 heteroatoms. The van der Waals surface area contributed by atoms with E-state index in [1.165, 1.54) is 9.48 Å². The van der Waals surface area contributed by atoms with E-state index in [0.29, 0.717) is 37.2 Å². The van der Waals surface area contributed by atoms with Gasteiger partial charge < -0.3 is 10.6 Å². The number of urea groups is 1. The molecule has 31 heavy (non-hydrogen) atoms. The number of rotatable bonds is 4. The van der Waals surface area contributed by atoms with Crippen molar-refractivity contribution in [2.45, 2.75) is 55.8 Å². The molecule has 0 aromatic carbocycles. The summed E-state index contributed by atoms with van der Waals surface area (Å²) in [7, 11) is 0. The van der Waals surface area contributed by atoms with Gasteiger partial charge >= 0.3 is 11.9 Å². The number of hydrogen-bond donors (Lipinski definition) is 1. The molecule has 0 radical (unpaired) electrons. The van der Waals surface area contributed by atoms with Crippen LogP contribution in [0, 0.1) is 5.92 Å². The number of allylic oxidation sites excluding steroid dienone is 3. The van der Waals surface area contributed by atoms with Crippen molar-refractivity contribution in [2.75, 3.05) is 19.6 Å². The summed E-state index contributed by atoms with van der Waals surface area (Å²) >= 11 is 3.50. The van der Waals surface area contributed by atoms with Gasteiger partial charge in [0.15, 0.2) is 6.54 Å². The normalized spacial score (nSPS) is 25.6. The minimum Gasteiger partial charge on any atom is -0.369 e. The second kappa shape index (κ2) is 9.06. The second-order valence-electron chi connectivity index (χ2n) is 8.66. The Kier molecular flexibility index (Phi) is 6.41. The monoisotopic (exact) mass is 491 g/mol. The predicted octanol–water partition coefficient (Wildman–Crippen LogP) is 1.72. The summed E-state index contributed by atoms with van der Waals surface area (Å²) < 4.78 is 1.44. The summed E-state index contributed by atoms with van der Waals surface area (Å²) in [6.45, 7) is 0.759. The fraction of sp³-hybridized carbons (Fsp3) is 0.591. The summed E-state index contributed by atoms with van der Waals surface area (Å²) in [5.41, 5.74) is 6.34. The molecule has 0 bridgehead atoms. The molecule has 8 nitrogen and oxygen atoms in total. The van der Waals surface area contributed by atoms with E-state index in [4.69, 9.17) is 5.73 Å². The number of piperidine rings is 1. The first-order valence-electron chi connectivity index (χ1n) is 11.0. The average molecular weight is 492 g/mol. The molecular formula is C22H28BrN4O4+. The van der Waals surface area contributed by atoms with E-state index < -0.39 is 6.03 Å². The number of hydrogen-bond acceptors (Lipinski definition) is 4. The van der Waals surface area contributed by atoms with Crippen LogP contribution in [0.5, 0.6) is 0 Å². The lowest BCUT2D eigenvalue weighted by Gasteiger charge is -2.33. The van der Waals surface area contributed by atoms with Gasteiger partial charge in [0.25, 0.3) is 5.91 Å². The number of alkyl halides is 1. The van der Waals surface area contributed by atoms with E-state index in [2.05, 4.69) is 15.9 Å². The van der Waals surface area contributed by atoms with Gasteiger partial charge in [0.2, 0.25) is 5.91 Å². The first-order valence-corrected chi connectivity index (χ1v) is 11.9. The zero-order valence-corrected chi connectivity index (χ0v) is 19.1. The Labute approximate surface area is 189 Å². The minimum absolute atomic E-state index is 0.0954. The van der Waals surface area contributed by atoms with E-state index in [1.54, 1.807) is 17.1 Å². The Balaban J connectivity index is 1.59. The molecule has 5 amide bonds. The molecule has 4 rings (SSSR count). The number of carbonyl (C=O) groups is 4. The zero-order chi connectivity index (χ0) is 22.1. The largest absolute Gasteiger partial charge is 0.502 e. The number of imide groups is 1. The number of halogens is 1. The fourth-order valence-corrected chi connectivity index (χ4v) is 5.32. The van der Waals surface area contributed by atoms with E-state index in [-0.39, 0.29) is 41.1 Å². The zero-order valence-electron chi connectivity index (χ0n) is 17.5. The molecule has 0 spiro atoms. The van der Waals surface area contributed by atoms with Gasteiger partial charge in [-0.3, -0.25) is 9.59 Å². The number of carbonyl (C=O) groups excluding carboxylic acids is 4. The molecule has 1 unspecified atom stereocenters. The Bertz CT molecular complexity index is 895. The first kappa shape index (κ1) is 21.9. The highest BCUT2D eigenvalue weighted by Crippen LogP contribution is 2.29. The highest BCUT2D eigenvalue weighted by molar-refractivity contribution is 9.09. The summed E-state index contributed by atoms with van der Waals surface area (Å²) in [4.78, 5) is 54.1. The molecule has 1 atom stereocenters. The summed E-state index contributed by atoms with van der Waals surface area (Å²) in [5.74, 6) is -0.995. The van der Waals surface area contributed by atoms with Gasteiger partial charge in [-0.15, -0.1) is 0 Å². The maximum absolute atomic E-state index is 13.4. The van der Waals surface area contributed by atoms with Crippen LogP contribution >= 0.6 is 15.9 Å². The van der Waals surface area contributed by atoms with Crippen molar-refractivity contribution in [1.29, 1.82) is 0 Å². The van der Waals surface area contributed by atoms with Crippen molar-refractivity contribution in [3.8, 4) is 0 Å². The number of primary amides is 1. The van der Waals surface area contributed by atoms with Crippen LogP contribution in [-0.2, 0) is 14.4 Å². The molecule has 1 saturated heterocycles. The van der Waals surface area contributed by atoms with Crippen LogP contribution in [0.25, 0.3) is 0 Å². The van der Waals surface area contributed by atoms with Crippen LogP contribution in [0.3, 0.4) is 0 Å². The van der Waals surface area contributed by atoms with Crippen LogP contribution in [0.4, 0.5) is 4.79 Å². The number of nitrogens with zero attached hydrogens (tertiary/aromatic N) is 3. The van der Waals surface area contributed by atoms with Crippen LogP contribution in [0.15, 0.2) is 23.8 Å². The Morgan fingerprint density at radius 1 is 1.10 bits per heavy atom. The minimum atomic E-state index is -0.415. The van der Waals surface area contributed by atoms with Crippen molar-refractivity contribution in [3.05, 3.63) is 23.8 Å². The molecule has 2 N–H and O–H groups in total. The molecule has 4 aliphatic rings. The Morgan fingerprint density at radius 2 is 1.77 bits per heavy atom. The fourth-order valence-electron chi connectivity index (χ4n) is 4.90. The third-order valence-corrected chi connectivity index (χ3v) is 7.27. The van der Waals surface area contributed by atoms with Crippen LogP contribution in [0.1, 0.15) is 44.9 Å². The second-order valence-corrected chi connectivity index (χ2v) is 9.72. The van der Waals surface area contributed by atoms with E-state index in [1.807, 2.05) is 6.08 Å². The lowest BCUT2D eigenvalue weighted by molar-refractivity contribution is -0.427. The quantitative estimate of drug-likeness (QED) is 0.477. The predicted molar refractivity (Wildman–Crippen MR) is 118 cm³/mol. The van der Waals surface area contributed by atoms with E-state index >= 15 is 0 Å². The van der Waals surface area contributed by atoms with Crippen molar-refractivity contribution in [1.82, 2.24) is 9.80 Å². The average Bonchev–Trinajstić information content (AvgIpc) is 2.77. The van der Waals surface area contributed by atoms with E-state index in [9.17, 15) is 19.2 Å². The summed E-state index contributed by atoms with van der Waals surface area (Å²) in [5, 5.41) is 0. The molecule has 166 valence electrons. The molecule has 2 aliphatic heterocycles. The van der Waals surface area contributed by atoms with Gasteiger partial charge in [0.05, 0.1) is 4.83 Å².